The number of amides is 1. The molecule has 0 aliphatic heterocycles. The Balaban J connectivity index is 1.87. The second-order valence-corrected chi connectivity index (χ2v) is 5.57. The molecule has 0 bridgehead atoms. The van der Waals surface area contributed by atoms with Crippen LogP contribution in [0.1, 0.15) is 5.56 Å². The van der Waals surface area contributed by atoms with Gasteiger partial charge in [0.1, 0.15) is 0 Å². The van der Waals surface area contributed by atoms with Gasteiger partial charge in [0, 0.05) is 13.6 Å². The molecule has 1 amide bonds. The van der Waals surface area contributed by atoms with Crippen LogP contribution in [-0.4, -0.2) is 37.8 Å². The molecule has 0 atom stereocenters. The van der Waals surface area contributed by atoms with E-state index < -0.39 is 11.7 Å². The molecule has 0 saturated carbocycles. The molecule has 2 aromatic carbocycles. The van der Waals surface area contributed by atoms with Crippen molar-refractivity contribution in [2.24, 2.45) is 0 Å². The fraction of sp³-hybridized carbons (Fsp3) is 0.125. The van der Waals surface area contributed by atoms with Crippen LogP contribution in [0, 0.1) is 0 Å². The van der Waals surface area contributed by atoms with Crippen molar-refractivity contribution in [2.75, 3.05) is 7.05 Å². The summed E-state index contributed by atoms with van der Waals surface area (Å²) in [6.45, 7) is 0.352. The molecule has 3 aromatic rings. The third-order valence-corrected chi connectivity index (χ3v) is 3.75. The van der Waals surface area contributed by atoms with Crippen LogP contribution in [0.3, 0.4) is 0 Å². The maximum Gasteiger partial charge on any atom is 0.377 e. The average Bonchev–Trinajstić information content (AvgIpc) is 2.97. The Morgan fingerprint density at radius 3 is 2.46 bits per heavy atom. The van der Waals surface area contributed by atoms with Gasteiger partial charge in [-0.1, -0.05) is 54.1 Å². The van der Waals surface area contributed by atoms with Gasteiger partial charge in [-0.25, -0.2) is 9.59 Å². The summed E-state index contributed by atoms with van der Waals surface area (Å²) < 4.78 is 1.71. The molecule has 24 heavy (non-hydrogen) atoms. The summed E-state index contributed by atoms with van der Waals surface area (Å²) in [6, 6.07) is 15.6. The summed E-state index contributed by atoms with van der Waals surface area (Å²) >= 11 is 6.06. The van der Waals surface area contributed by atoms with E-state index in [0.717, 1.165) is 10.2 Å². The van der Waals surface area contributed by atoms with Crippen molar-refractivity contribution in [3.05, 3.63) is 75.7 Å². The summed E-state index contributed by atoms with van der Waals surface area (Å²) in [4.78, 5) is 26.2. The second-order valence-electron chi connectivity index (χ2n) is 5.16. The minimum atomic E-state index is -0.673. The van der Waals surface area contributed by atoms with Gasteiger partial charge in [0.15, 0.2) is 0 Å². The number of para-hydroxylation sites is 1. The predicted molar refractivity (Wildman–Crippen MR) is 89.3 cm³/mol. The third-order valence-electron chi connectivity index (χ3n) is 3.43. The molecule has 0 aliphatic carbocycles. The van der Waals surface area contributed by atoms with Gasteiger partial charge in [0.25, 0.3) is 0 Å². The van der Waals surface area contributed by atoms with Crippen LogP contribution in [0.5, 0.6) is 0 Å². The summed E-state index contributed by atoms with van der Waals surface area (Å²) in [5.74, 6) is 0. The normalized spacial score (nSPS) is 10.6. The number of halogens is 1. The second kappa shape index (κ2) is 6.67. The van der Waals surface area contributed by atoms with Gasteiger partial charge in [-0.3, -0.25) is 0 Å². The smallest absolute Gasteiger partial charge is 0.321 e. The largest absolute Gasteiger partial charge is 0.377 e. The number of aromatic nitrogens is 4. The Kier molecular flexibility index (Phi) is 4.43. The number of rotatable bonds is 3. The van der Waals surface area contributed by atoms with Crippen molar-refractivity contribution in [1.29, 1.82) is 0 Å². The first-order valence-electron chi connectivity index (χ1n) is 7.17. The molecule has 0 saturated heterocycles. The number of benzene rings is 2. The molecule has 0 unspecified atom stereocenters. The first-order valence-corrected chi connectivity index (χ1v) is 7.55. The molecule has 7 nitrogen and oxygen atoms in total. The van der Waals surface area contributed by atoms with Crippen LogP contribution in [0.4, 0.5) is 4.79 Å². The zero-order valence-corrected chi connectivity index (χ0v) is 13.6. The lowest BCUT2D eigenvalue weighted by molar-refractivity contribution is 0.203. The Hall–Kier alpha value is -2.93. The lowest BCUT2D eigenvalue weighted by Crippen LogP contribution is -2.38. The number of carbonyl (C=O) groups is 1. The zero-order chi connectivity index (χ0) is 17.1. The lowest BCUT2D eigenvalue weighted by atomic mass is 10.2. The molecule has 0 spiro atoms. The maximum atomic E-state index is 12.4. The molecule has 1 heterocycles. The number of carbonyl (C=O) groups excluding carboxylic acids is 1. The highest BCUT2D eigenvalue weighted by atomic mass is 35.5. The molecular weight excluding hydrogens is 330 g/mol. The highest BCUT2D eigenvalue weighted by molar-refractivity contribution is 6.32. The van der Waals surface area contributed by atoms with Crippen LogP contribution in [-0.2, 0) is 6.54 Å². The Morgan fingerprint density at radius 1 is 1.08 bits per heavy atom. The molecule has 3 rings (SSSR count). The average molecular weight is 344 g/mol. The number of hydrogen-bond acceptors (Lipinski definition) is 4. The fourth-order valence-corrected chi connectivity index (χ4v) is 2.44. The van der Waals surface area contributed by atoms with Gasteiger partial charge in [0.2, 0.25) is 0 Å². The van der Waals surface area contributed by atoms with E-state index in [1.54, 1.807) is 31.3 Å². The van der Waals surface area contributed by atoms with Crippen LogP contribution in [0.25, 0.3) is 5.69 Å². The summed E-state index contributed by atoms with van der Waals surface area (Å²) in [6.07, 6.45) is 0. The van der Waals surface area contributed by atoms with Crippen molar-refractivity contribution in [2.45, 2.75) is 6.54 Å². The topological polar surface area (TPSA) is 73.0 Å². The van der Waals surface area contributed by atoms with E-state index in [-0.39, 0.29) is 0 Å². The number of tetrazole rings is 1. The molecule has 0 radical (unpaired) electrons. The maximum absolute atomic E-state index is 12.4. The summed E-state index contributed by atoms with van der Waals surface area (Å²) in [7, 11) is 1.59. The predicted octanol–water partition coefficient (Wildman–Crippen LogP) is 2.18. The zero-order valence-electron chi connectivity index (χ0n) is 12.8. The van der Waals surface area contributed by atoms with Gasteiger partial charge in [-0.05, 0) is 28.1 Å². The minimum Gasteiger partial charge on any atom is -0.321 e. The molecule has 0 N–H and O–H groups in total. The quantitative estimate of drug-likeness (QED) is 0.683. The summed E-state index contributed by atoms with van der Waals surface area (Å²) in [5, 5.41) is 7.75. The van der Waals surface area contributed by atoms with E-state index in [2.05, 4.69) is 10.4 Å². The van der Waals surface area contributed by atoms with Gasteiger partial charge in [-0.15, -0.1) is 4.68 Å². The number of nitrogens with zero attached hydrogens (tertiary/aromatic N) is 5. The lowest BCUT2D eigenvalue weighted by Gasteiger charge is -2.15. The van der Waals surface area contributed by atoms with Crippen LogP contribution >= 0.6 is 11.6 Å². The Bertz CT molecular complexity index is 919. The van der Waals surface area contributed by atoms with E-state index in [1.807, 2.05) is 30.3 Å². The summed E-state index contributed by atoms with van der Waals surface area (Å²) in [5.41, 5.74) is 0.641. The van der Waals surface area contributed by atoms with Crippen molar-refractivity contribution in [3.63, 3.8) is 0 Å². The SMILES string of the molecule is CN(Cc1ccccc1)C(=O)n1nnn(-c2ccccc2Cl)c1=O. The van der Waals surface area contributed by atoms with Gasteiger partial charge in [0.05, 0.1) is 10.7 Å². The molecule has 122 valence electrons. The van der Waals surface area contributed by atoms with Crippen molar-refractivity contribution >= 4 is 17.6 Å². The molecular formula is C16H14ClN5O2. The molecule has 0 aliphatic rings. The first-order chi connectivity index (χ1) is 11.6. The van der Waals surface area contributed by atoms with E-state index in [0.29, 0.717) is 21.9 Å². The molecule has 8 heteroatoms. The monoisotopic (exact) mass is 343 g/mol. The van der Waals surface area contributed by atoms with Gasteiger partial charge in [-0.2, -0.15) is 4.68 Å². The first kappa shape index (κ1) is 15.9. The highest BCUT2D eigenvalue weighted by Gasteiger charge is 2.19. The minimum absolute atomic E-state index is 0.344. The standard InChI is InChI=1S/C16H14ClN5O2/c1-20(11-12-7-3-2-4-8-12)15(23)22-16(24)21(18-19-22)14-10-6-5-9-13(14)17/h2-10H,11H2,1H3. The Morgan fingerprint density at radius 2 is 1.75 bits per heavy atom. The van der Waals surface area contributed by atoms with E-state index in [1.165, 1.54) is 4.90 Å². The highest BCUT2D eigenvalue weighted by Crippen LogP contribution is 2.16. The van der Waals surface area contributed by atoms with E-state index >= 15 is 0 Å². The van der Waals surface area contributed by atoms with Crippen molar-refractivity contribution in [3.8, 4) is 5.69 Å². The Labute approximate surface area is 142 Å². The molecule has 1 aromatic heterocycles. The van der Waals surface area contributed by atoms with Crippen LogP contribution < -0.4 is 5.69 Å². The van der Waals surface area contributed by atoms with E-state index in [4.69, 9.17) is 11.6 Å². The molecule has 0 fully saturated rings. The van der Waals surface area contributed by atoms with Crippen molar-refractivity contribution < 1.29 is 4.79 Å². The third kappa shape index (κ3) is 3.07. The van der Waals surface area contributed by atoms with E-state index in [9.17, 15) is 9.59 Å². The van der Waals surface area contributed by atoms with Crippen LogP contribution in [0.2, 0.25) is 5.02 Å². The number of hydrogen-bond donors (Lipinski definition) is 0. The van der Waals surface area contributed by atoms with Crippen molar-refractivity contribution in [1.82, 2.24) is 24.7 Å². The van der Waals surface area contributed by atoms with Gasteiger partial charge >= 0.3 is 11.7 Å². The van der Waals surface area contributed by atoms with Gasteiger partial charge < -0.3 is 4.90 Å². The van der Waals surface area contributed by atoms with Crippen LogP contribution in [0.15, 0.2) is 59.4 Å². The fourth-order valence-electron chi connectivity index (χ4n) is 2.23.